The number of hydrogen-bond acceptors (Lipinski definition) is 11. The third-order valence-corrected chi connectivity index (χ3v) is 3.93. The highest BCUT2D eigenvalue weighted by Crippen LogP contribution is 2.02. The van der Waals surface area contributed by atoms with E-state index in [1.165, 1.54) is 19.1 Å². The Kier molecular flexibility index (Phi) is 10.3. The standard InChI is InChI=1S/C18H27N5O8/c1-14(24)30-10-8-28-6-4-22-13-15(20-21-22)12-19-18(27)31-11-9-29-7-5-23-16(25)2-3-17(23)26/h2-3,13,20-21H,4-12H2,1H3,(H,19,27). The largest absolute Gasteiger partial charge is 0.463 e. The lowest BCUT2D eigenvalue weighted by atomic mass is 10.5. The molecule has 13 heteroatoms. The predicted octanol–water partition coefficient (Wildman–Crippen LogP) is -1.60. The van der Waals surface area contributed by atoms with Gasteiger partial charge in [0, 0.05) is 25.3 Å². The Morgan fingerprint density at radius 3 is 2.26 bits per heavy atom. The van der Waals surface area contributed by atoms with Crippen molar-refractivity contribution in [3.05, 3.63) is 24.0 Å². The summed E-state index contributed by atoms with van der Waals surface area (Å²) in [5, 5.41) is 4.33. The highest BCUT2D eigenvalue weighted by molar-refractivity contribution is 6.12. The first-order valence-corrected chi connectivity index (χ1v) is 9.67. The topological polar surface area (TPSA) is 148 Å². The van der Waals surface area contributed by atoms with E-state index < -0.39 is 6.09 Å². The van der Waals surface area contributed by atoms with Gasteiger partial charge in [0.05, 0.1) is 51.8 Å². The van der Waals surface area contributed by atoms with Crippen LogP contribution in [0.3, 0.4) is 0 Å². The number of nitrogens with zero attached hydrogens (tertiary/aromatic N) is 2. The van der Waals surface area contributed by atoms with Crippen LogP contribution in [0.15, 0.2) is 24.0 Å². The summed E-state index contributed by atoms with van der Waals surface area (Å²) in [5.41, 5.74) is 6.52. The van der Waals surface area contributed by atoms with Gasteiger partial charge in [-0.25, -0.2) is 4.79 Å². The van der Waals surface area contributed by atoms with Crippen LogP contribution in [0, 0.1) is 0 Å². The van der Waals surface area contributed by atoms with Gasteiger partial charge in [-0.3, -0.25) is 24.3 Å². The molecule has 31 heavy (non-hydrogen) atoms. The summed E-state index contributed by atoms with van der Waals surface area (Å²) >= 11 is 0. The molecule has 2 heterocycles. The van der Waals surface area contributed by atoms with Crippen molar-refractivity contribution in [2.45, 2.75) is 6.92 Å². The second-order valence-corrected chi connectivity index (χ2v) is 6.30. The molecule has 3 amide bonds. The molecular formula is C18H27N5O8. The zero-order valence-corrected chi connectivity index (χ0v) is 17.3. The SMILES string of the molecule is CC(=O)OCCOCCN1C=C(CNC(=O)OCCOCCN2C(=O)C=CC2=O)NN1. The van der Waals surface area contributed by atoms with E-state index in [0.717, 1.165) is 10.6 Å². The Balaban J connectivity index is 1.45. The number of hydrogen-bond donors (Lipinski definition) is 3. The number of carbonyl (C=O) groups is 4. The molecule has 0 atom stereocenters. The number of carbonyl (C=O) groups excluding carboxylic acids is 4. The lowest BCUT2D eigenvalue weighted by Crippen LogP contribution is -2.39. The van der Waals surface area contributed by atoms with E-state index in [1.54, 1.807) is 11.2 Å². The van der Waals surface area contributed by atoms with Gasteiger partial charge < -0.3 is 29.7 Å². The smallest absolute Gasteiger partial charge is 0.407 e. The number of rotatable bonds is 14. The lowest BCUT2D eigenvalue weighted by Gasteiger charge is -2.14. The first-order chi connectivity index (χ1) is 15.0. The molecule has 0 aromatic carbocycles. The third kappa shape index (κ3) is 9.46. The molecule has 3 N–H and O–H groups in total. The van der Waals surface area contributed by atoms with Crippen LogP contribution in [0.5, 0.6) is 0 Å². The summed E-state index contributed by atoms with van der Waals surface area (Å²) in [6.07, 6.45) is 3.59. The van der Waals surface area contributed by atoms with E-state index in [2.05, 4.69) is 16.3 Å². The summed E-state index contributed by atoms with van der Waals surface area (Å²) in [6, 6.07) is 0. The minimum atomic E-state index is -0.604. The van der Waals surface area contributed by atoms with Gasteiger partial charge in [-0.1, -0.05) is 0 Å². The first kappa shape index (κ1) is 24.1. The summed E-state index contributed by atoms with van der Waals surface area (Å²) in [7, 11) is 0. The highest BCUT2D eigenvalue weighted by Gasteiger charge is 2.22. The number of esters is 1. The van der Waals surface area contributed by atoms with Gasteiger partial charge in [0.25, 0.3) is 11.8 Å². The molecule has 13 nitrogen and oxygen atoms in total. The maximum Gasteiger partial charge on any atom is 0.407 e. The fourth-order valence-electron chi connectivity index (χ4n) is 2.44. The molecule has 0 unspecified atom stereocenters. The van der Waals surface area contributed by atoms with E-state index in [-0.39, 0.29) is 57.3 Å². The molecule has 172 valence electrons. The van der Waals surface area contributed by atoms with Crippen LogP contribution in [0.1, 0.15) is 6.92 Å². The highest BCUT2D eigenvalue weighted by atomic mass is 16.6. The summed E-state index contributed by atoms with van der Waals surface area (Å²) in [5.74, 6) is -1.07. The predicted molar refractivity (Wildman–Crippen MR) is 105 cm³/mol. The van der Waals surface area contributed by atoms with Crippen molar-refractivity contribution < 1.29 is 38.1 Å². The van der Waals surface area contributed by atoms with Gasteiger partial charge in [0.15, 0.2) is 0 Å². The third-order valence-electron chi connectivity index (χ3n) is 3.93. The van der Waals surface area contributed by atoms with Crippen LogP contribution in [-0.4, -0.2) is 93.1 Å². The average molecular weight is 441 g/mol. The average Bonchev–Trinajstić information content (AvgIpc) is 3.32. The van der Waals surface area contributed by atoms with Crippen LogP contribution in [0.4, 0.5) is 4.79 Å². The Morgan fingerprint density at radius 1 is 0.935 bits per heavy atom. The van der Waals surface area contributed by atoms with Gasteiger partial charge >= 0.3 is 12.1 Å². The van der Waals surface area contributed by atoms with E-state index in [0.29, 0.717) is 19.8 Å². The quantitative estimate of drug-likeness (QED) is 0.163. The minimum Gasteiger partial charge on any atom is -0.463 e. The summed E-state index contributed by atoms with van der Waals surface area (Å²) in [4.78, 5) is 46.1. The van der Waals surface area contributed by atoms with Crippen LogP contribution in [0.25, 0.3) is 0 Å². The zero-order chi connectivity index (χ0) is 22.5. The number of ether oxygens (including phenoxy) is 4. The van der Waals surface area contributed by atoms with Gasteiger partial charge in [-0.05, 0) is 0 Å². The Bertz CT molecular complexity index is 693. The maximum atomic E-state index is 11.7. The normalized spacial score (nSPS) is 15.2. The molecule has 0 radical (unpaired) electrons. The molecule has 0 fully saturated rings. The fourth-order valence-corrected chi connectivity index (χ4v) is 2.44. The maximum absolute atomic E-state index is 11.7. The van der Waals surface area contributed by atoms with Gasteiger partial charge in [0.2, 0.25) is 0 Å². The number of alkyl carbamates (subject to hydrolysis) is 1. The Labute approximate surface area is 179 Å². The lowest BCUT2D eigenvalue weighted by molar-refractivity contribution is -0.142. The van der Waals surface area contributed by atoms with Crippen LogP contribution in [0.2, 0.25) is 0 Å². The Hall–Kier alpha value is -3.16. The second-order valence-electron chi connectivity index (χ2n) is 6.30. The molecule has 0 aromatic rings. The minimum absolute atomic E-state index is 0.0352. The van der Waals surface area contributed by atoms with Crippen LogP contribution in [-0.2, 0) is 33.3 Å². The molecule has 2 aliphatic rings. The van der Waals surface area contributed by atoms with Gasteiger partial charge in [0.1, 0.15) is 13.2 Å². The molecule has 0 aromatic heterocycles. The monoisotopic (exact) mass is 441 g/mol. The van der Waals surface area contributed by atoms with Gasteiger partial charge in [-0.15, -0.1) is 5.53 Å². The molecule has 0 bridgehead atoms. The molecule has 0 spiro atoms. The molecule has 0 saturated heterocycles. The zero-order valence-electron chi connectivity index (χ0n) is 17.3. The van der Waals surface area contributed by atoms with Gasteiger partial charge in [-0.2, -0.15) is 0 Å². The molecule has 2 aliphatic heterocycles. The Morgan fingerprint density at radius 2 is 1.58 bits per heavy atom. The van der Waals surface area contributed by atoms with Crippen molar-refractivity contribution in [3.8, 4) is 0 Å². The molecule has 0 saturated carbocycles. The summed E-state index contributed by atoms with van der Waals surface area (Å²) in [6.45, 7) is 3.56. The number of nitrogens with one attached hydrogen (secondary N) is 3. The first-order valence-electron chi connectivity index (χ1n) is 9.67. The van der Waals surface area contributed by atoms with Crippen molar-refractivity contribution in [1.82, 2.24) is 26.2 Å². The molecule has 0 aliphatic carbocycles. The van der Waals surface area contributed by atoms with Crippen LogP contribution < -0.4 is 16.3 Å². The number of hydrazine groups is 2. The van der Waals surface area contributed by atoms with Crippen molar-refractivity contribution >= 4 is 23.9 Å². The van der Waals surface area contributed by atoms with Crippen molar-refractivity contribution in [2.24, 2.45) is 0 Å². The van der Waals surface area contributed by atoms with E-state index >= 15 is 0 Å². The van der Waals surface area contributed by atoms with E-state index in [1.807, 2.05) is 0 Å². The van der Waals surface area contributed by atoms with Crippen LogP contribution >= 0.6 is 0 Å². The molecule has 2 rings (SSSR count). The van der Waals surface area contributed by atoms with Crippen molar-refractivity contribution in [1.29, 1.82) is 0 Å². The fraction of sp³-hybridized carbons (Fsp3) is 0.556. The summed E-state index contributed by atoms with van der Waals surface area (Å²) < 4.78 is 20.3. The van der Waals surface area contributed by atoms with Crippen molar-refractivity contribution in [3.63, 3.8) is 0 Å². The molecular weight excluding hydrogens is 414 g/mol. The van der Waals surface area contributed by atoms with E-state index in [9.17, 15) is 19.2 Å². The number of amides is 3. The van der Waals surface area contributed by atoms with Crippen molar-refractivity contribution in [2.75, 3.05) is 59.3 Å². The second kappa shape index (κ2) is 13.2. The van der Waals surface area contributed by atoms with E-state index in [4.69, 9.17) is 18.9 Å². The number of imide groups is 1.